The zero-order chi connectivity index (χ0) is 18.8. The molecular weight excluding hydrogens is 338 g/mol. The van der Waals surface area contributed by atoms with E-state index in [4.69, 9.17) is 5.73 Å². The fraction of sp³-hybridized carbons (Fsp3) is 0.100. The van der Waals surface area contributed by atoms with Crippen molar-refractivity contribution in [2.24, 2.45) is 0 Å². The lowest BCUT2D eigenvalue weighted by molar-refractivity contribution is 1.16. The number of aromatic nitrogens is 4. The number of nitrogens with zero attached hydrogens (tertiary/aromatic N) is 4. The lowest BCUT2D eigenvalue weighted by Crippen LogP contribution is -2.06. The van der Waals surface area contributed by atoms with Gasteiger partial charge in [0, 0.05) is 23.0 Å². The lowest BCUT2D eigenvalue weighted by atomic mass is 10.1. The SMILES string of the molecule is Cc1ccnc(Nc2ncnc(Nc3cccc4nc(C)ccc34)c2N)c1. The summed E-state index contributed by atoms with van der Waals surface area (Å²) in [5.41, 5.74) is 10.6. The number of hydrogen-bond acceptors (Lipinski definition) is 7. The van der Waals surface area contributed by atoms with E-state index in [1.165, 1.54) is 6.33 Å². The molecule has 0 radical (unpaired) electrons. The summed E-state index contributed by atoms with van der Waals surface area (Å²) in [5.74, 6) is 1.70. The molecule has 0 aliphatic rings. The molecule has 0 unspecified atom stereocenters. The maximum absolute atomic E-state index is 6.29. The van der Waals surface area contributed by atoms with Crippen molar-refractivity contribution in [2.75, 3.05) is 16.4 Å². The Morgan fingerprint density at radius 3 is 2.52 bits per heavy atom. The molecular formula is C20H19N7. The summed E-state index contributed by atoms with van der Waals surface area (Å²) in [4.78, 5) is 17.4. The highest BCUT2D eigenvalue weighted by molar-refractivity contribution is 5.94. The fourth-order valence-electron chi connectivity index (χ4n) is 2.81. The van der Waals surface area contributed by atoms with Gasteiger partial charge in [-0.15, -0.1) is 0 Å². The number of benzene rings is 1. The molecule has 3 heterocycles. The molecule has 27 heavy (non-hydrogen) atoms. The predicted molar refractivity (Wildman–Crippen MR) is 108 cm³/mol. The average Bonchev–Trinajstić information content (AvgIpc) is 2.65. The van der Waals surface area contributed by atoms with E-state index in [-0.39, 0.29) is 0 Å². The normalized spacial score (nSPS) is 10.7. The van der Waals surface area contributed by atoms with Gasteiger partial charge in [0.25, 0.3) is 0 Å². The third-order valence-electron chi connectivity index (χ3n) is 4.17. The van der Waals surface area contributed by atoms with Gasteiger partial charge in [-0.25, -0.2) is 15.0 Å². The van der Waals surface area contributed by atoms with Crippen LogP contribution in [0.25, 0.3) is 10.9 Å². The van der Waals surface area contributed by atoms with E-state index in [1.807, 2.05) is 56.3 Å². The van der Waals surface area contributed by atoms with Gasteiger partial charge in [0.05, 0.1) is 5.52 Å². The Morgan fingerprint density at radius 1 is 0.889 bits per heavy atom. The molecule has 4 rings (SSSR count). The van der Waals surface area contributed by atoms with Crippen LogP contribution in [0.1, 0.15) is 11.3 Å². The van der Waals surface area contributed by atoms with Crippen LogP contribution < -0.4 is 16.4 Å². The molecule has 0 saturated heterocycles. The van der Waals surface area contributed by atoms with E-state index in [0.717, 1.165) is 27.8 Å². The first-order valence-electron chi connectivity index (χ1n) is 8.54. The topological polar surface area (TPSA) is 102 Å². The minimum absolute atomic E-state index is 0.415. The van der Waals surface area contributed by atoms with Crippen molar-refractivity contribution in [3.63, 3.8) is 0 Å². The molecule has 0 aliphatic heterocycles. The Balaban J connectivity index is 1.67. The van der Waals surface area contributed by atoms with Crippen LogP contribution in [0.3, 0.4) is 0 Å². The molecule has 7 nitrogen and oxygen atoms in total. The minimum Gasteiger partial charge on any atom is -0.393 e. The highest BCUT2D eigenvalue weighted by Crippen LogP contribution is 2.30. The molecule has 0 fully saturated rings. The monoisotopic (exact) mass is 357 g/mol. The number of aryl methyl sites for hydroxylation is 2. The van der Waals surface area contributed by atoms with Crippen molar-refractivity contribution in [2.45, 2.75) is 13.8 Å². The first-order chi connectivity index (χ1) is 13.1. The van der Waals surface area contributed by atoms with Crippen LogP contribution in [0.15, 0.2) is 55.0 Å². The number of rotatable bonds is 4. The van der Waals surface area contributed by atoms with E-state index in [2.05, 4.69) is 30.6 Å². The van der Waals surface area contributed by atoms with Gasteiger partial charge < -0.3 is 16.4 Å². The predicted octanol–water partition coefficient (Wildman–Crippen LogP) is 4.11. The summed E-state index contributed by atoms with van der Waals surface area (Å²) in [7, 11) is 0. The number of nitrogens with one attached hydrogen (secondary N) is 2. The molecule has 0 amide bonds. The summed E-state index contributed by atoms with van der Waals surface area (Å²) in [6, 6.07) is 13.8. The average molecular weight is 357 g/mol. The summed E-state index contributed by atoms with van der Waals surface area (Å²) in [6.07, 6.45) is 3.20. The Hall–Kier alpha value is -3.74. The zero-order valence-electron chi connectivity index (χ0n) is 15.1. The van der Waals surface area contributed by atoms with Crippen molar-refractivity contribution in [1.29, 1.82) is 0 Å². The van der Waals surface area contributed by atoms with E-state index in [9.17, 15) is 0 Å². The van der Waals surface area contributed by atoms with Crippen LogP contribution in [0.4, 0.5) is 28.8 Å². The number of nitrogen functional groups attached to an aromatic ring is 1. The van der Waals surface area contributed by atoms with Gasteiger partial charge in [-0.05, 0) is 55.8 Å². The summed E-state index contributed by atoms with van der Waals surface area (Å²) in [5, 5.41) is 7.44. The van der Waals surface area contributed by atoms with E-state index < -0.39 is 0 Å². The zero-order valence-corrected chi connectivity index (χ0v) is 15.1. The molecule has 0 bridgehead atoms. The van der Waals surface area contributed by atoms with E-state index in [1.54, 1.807) is 6.20 Å². The first-order valence-corrected chi connectivity index (χ1v) is 8.54. The van der Waals surface area contributed by atoms with Crippen molar-refractivity contribution < 1.29 is 0 Å². The molecule has 4 N–H and O–H groups in total. The second kappa shape index (κ2) is 6.87. The molecule has 1 aromatic carbocycles. The molecule has 0 spiro atoms. The largest absolute Gasteiger partial charge is 0.393 e. The van der Waals surface area contributed by atoms with Crippen LogP contribution in [-0.4, -0.2) is 19.9 Å². The molecule has 0 atom stereocenters. The van der Waals surface area contributed by atoms with Crippen molar-refractivity contribution in [3.8, 4) is 0 Å². The maximum Gasteiger partial charge on any atom is 0.160 e. The Kier molecular flexibility index (Phi) is 4.25. The second-order valence-electron chi connectivity index (χ2n) is 6.28. The number of pyridine rings is 2. The van der Waals surface area contributed by atoms with Gasteiger partial charge >= 0.3 is 0 Å². The van der Waals surface area contributed by atoms with Gasteiger partial charge in [0.1, 0.15) is 17.8 Å². The quantitative estimate of drug-likeness (QED) is 0.505. The smallest absolute Gasteiger partial charge is 0.160 e. The van der Waals surface area contributed by atoms with Crippen molar-refractivity contribution in [3.05, 3.63) is 66.2 Å². The number of anilines is 5. The molecule has 0 aliphatic carbocycles. The van der Waals surface area contributed by atoms with Crippen LogP contribution in [0, 0.1) is 13.8 Å². The van der Waals surface area contributed by atoms with E-state index >= 15 is 0 Å². The molecule has 7 heteroatoms. The van der Waals surface area contributed by atoms with E-state index in [0.29, 0.717) is 23.1 Å². The van der Waals surface area contributed by atoms with Crippen LogP contribution in [0.2, 0.25) is 0 Å². The second-order valence-corrected chi connectivity index (χ2v) is 6.28. The third kappa shape index (κ3) is 3.48. The van der Waals surface area contributed by atoms with Gasteiger partial charge in [0.2, 0.25) is 0 Å². The standard InChI is InChI=1S/C20H19N7/c1-12-8-9-22-17(10-12)27-20-18(21)19(23-11-24-20)26-16-5-3-4-15-14(16)7-6-13(2)25-15/h3-11H,21H2,1-2H3,(H2,22,23,24,26,27). The van der Waals surface area contributed by atoms with Crippen LogP contribution in [-0.2, 0) is 0 Å². The first kappa shape index (κ1) is 16.7. The number of hydrogen-bond donors (Lipinski definition) is 3. The fourth-order valence-corrected chi connectivity index (χ4v) is 2.81. The molecule has 0 saturated carbocycles. The minimum atomic E-state index is 0.415. The Labute approximate surface area is 156 Å². The van der Waals surface area contributed by atoms with Gasteiger partial charge in [-0.3, -0.25) is 4.98 Å². The third-order valence-corrected chi connectivity index (χ3v) is 4.17. The maximum atomic E-state index is 6.29. The van der Waals surface area contributed by atoms with Gasteiger partial charge in [-0.2, -0.15) is 0 Å². The highest BCUT2D eigenvalue weighted by atomic mass is 15.1. The summed E-state index contributed by atoms with van der Waals surface area (Å²) < 4.78 is 0. The Bertz CT molecular complexity index is 1120. The summed E-state index contributed by atoms with van der Waals surface area (Å²) >= 11 is 0. The molecule has 3 aromatic heterocycles. The van der Waals surface area contributed by atoms with Crippen LogP contribution >= 0.6 is 0 Å². The number of nitrogens with two attached hydrogens (primary N) is 1. The van der Waals surface area contributed by atoms with Gasteiger partial charge in [0.15, 0.2) is 11.6 Å². The Morgan fingerprint density at radius 2 is 1.70 bits per heavy atom. The lowest BCUT2D eigenvalue weighted by Gasteiger charge is -2.13. The summed E-state index contributed by atoms with van der Waals surface area (Å²) in [6.45, 7) is 3.97. The van der Waals surface area contributed by atoms with Crippen molar-refractivity contribution >= 4 is 39.7 Å². The molecule has 4 aromatic rings. The molecule has 134 valence electrons. The highest BCUT2D eigenvalue weighted by Gasteiger charge is 2.11. The van der Waals surface area contributed by atoms with Crippen molar-refractivity contribution in [1.82, 2.24) is 19.9 Å². The van der Waals surface area contributed by atoms with Crippen LogP contribution in [0.5, 0.6) is 0 Å². The number of fused-ring (bicyclic) bond motifs is 1. The van der Waals surface area contributed by atoms with Gasteiger partial charge in [-0.1, -0.05) is 6.07 Å².